The van der Waals surface area contributed by atoms with E-state index in [9.17, 15) is 9.18 Å². The van der Waals surface area contributed by atoms with E-state index in [1.54, 1.807) is 12.1 Å². The maximum Gasteiger partial charge on any atom is 0.309 e. The minimum atomic E-state index is -0.225. The quantitative estimate of drug-likeness (QED) is 0.805. The minimum Gasteiger partial charge on any atom is -0.469 e. The highest BCUT2D eigenvalue weighted by molar-refractivity contribution is 5.72. The second-order valence-electron chi connectivity index (χ2n) is 5.00. The highest BCUT2D eigenvalue weighted by Crippen LogP contribution is 2.09. The van der Waals surface area contributed by atoms with E-state index >= 15 is 0 Å². The van der Waals surface area contributed by atoms with Crippen molar-refractivity contribution in [2.24, 2.45) is 5.92 Å². The van der Waals surface area contributed by atoms with E-state index in [1.165, 1.54) is 19.2 Å². The van der Waals surface area contributed by atoms with Crippen LogP contribution in [0.25, 0.3) is 0 Å². The predicted molar refractivity (Wildman–Crippen MR) is 73.3 cm³/mol. The van der Waals surface area contributed by atoms with Crippen LogP contribution in [0, 0.1) is 11.7 Å². The molecule has 0 heterocycles. The van der Waals surface area contributed by atoms with Gasteiger partial charge in [-0.05, 0) is 38.0 Å². The maximum atomic E-state index is 12.8. The van der Waals surface area contributed by atoms with Crippen LogP contribution in [-0.4, -0.2) is 25.2 Å². The van der Waals surface area contributed by atoms with Gasteiger partial charge in [0.1, 0.15) is 5.82 Å². The van der Waals surface area contributed by atoms with Gasteiger partial charge in [0.15, 0.2) is 0 Å². The molecule has 0 spiro atoms. The van der Waals surface area contributed by atoms with Crippen LogP contribution >= 0.6 is 0 Å². The van der Waals surface area contributed by atoms with Gasteiger partial charge in [0.05, 0.1) is 13.0 Å². The molecule has 0 fully saturated rings. The van der Waals surface area contributed by atoms with E-state index in [4.69, 9.17) is 4.74 Å². The minimum absolute atomic E-state index is 0.0305. The first-order valence-corrected chi connectivity index (χ1v) is 6.52. The second-order valence-corrected chi connectivity index (χ2v) is 5.00. The van der Waals surface area contributed by atoms with Gasteiger partial charge in [0.25, 0.3) is 0 Å². The number of methoxy groups -OCH3 is 1. The van der Waals surface area contributed by atoms with Crippen molar-refractivity contribution in [1.82, 2.24) is 5.32 Å². The number of carbonyl (C=O) groups is 1. The lowest BCUT2D eigenvalue weighted by Gasteiger charge is -2.23. The Balaban J connectivity index is 2.48. The Labute approximate surface area is 114 Å². The van der Waals surface area contributed by atoms with E-state index < -0.39 is 0 Å². The first-order valence-electron chi connectivity index (χ1n) is 6.52. The van der Waals surface area contributed by atoms with Gasteiger partial charge >= 0.3 is 5.97 Å². The molecule has 4 heteroatoms. The van der Waals surface area contributed by atoms with Crippen molar-refractivity contribution < 1.29 is 13.9 Å². The molecule has 1 rings (SSSR count). The van der Waals surface area contributed by atoms with Gasteiger partial charge in [0.2, 0.25) is 0 Å². The zero-order valence-corrected chi connectivity index (χ0v) is 11.9. The monoisotopic (exact) mass is 267 g/mol. The summed E-state index contributed by atoms with van der Waals surface area (Å²) in [6.07, 6.45) is 0.790. The smallest absolute Gasteiger partial charge is 0.309 e. The molecule has 0 aliphatic heterocycles. The number of halogens is 1. The molecule has 0 saturated heterocycles. The van der Waals surface area contributed by atoms with Crippen LogP contribution in [0.5, 0.6) is 0 Å². The number of nitrogens with one attached hydrogen (secondary N) is 1. The molecule has 0 radical (unpaired) electrons. The summed E-state index contributed by atoms with van der Waals surface area (Å²) in [5.74, 6) is -0.633. The summed E-state index contributed by atoms with van der Waals surface area (Å²) in [5, 5.41) is 3.36. The molecule has 19 heavy (non-hydrogen) atoms. The summed E-state index contributed by atoms with van der Waals surface area (Å²) >= 11 is 0. The highest BCUT2D eigenvalue weighted by Gasteiger charge is 2.21. The van der Waals surface area contributed by atoms with Crippen molar-refractivity contribution in [2.45, 2.75) is 39.3 Å². The number of carbonyl (C=O) groups excluding carboxylic acids is 1. The van der Waals surface area contributed by atoms with E-state index in [1.807, 2.05) is 20.8 Å². The van der Waals surface area contributed by atoms with E-state index in [2.05, 4.69) is 5.32 Å². The molecular formula is C15H22FNO2. The molecule has 3 unspecified atom stereocenters. The van der Waals surface area contributed by atoms with Gasteiger partial charge in [-0.25, -0.2) is 4.39 Å². The SMILES string of the molecule is COC(=O)C(C)C(C)NC(C)Cc1ccc(F)cc1. The van der Waals surface area contributed by atoms with E-state index in [0.29, 0.717) is 0 Å². The Morgan fingerprint density at radius 2 is 1.84 bits per heavy atom. The Hall–Kier alpha value is -1.42. The van der Waals surface area contributed by atoms with Crippen molar-refractivity contribution in [2.75, 3.05) is 7.11 Å². The van der Waals surface area contributed by atoms with Crippen LogP contribution in [0.3, 0.4) is 0 Å². The Bertz CT molecular complexity index is 405. The van der Waals surface area contributed by atoms with Gasteiger partial charge in [-0.2, -0.15) is 0 Å². The van der Waals surface area contributed by atoms with Crippen LogP contribution in [-0.2, 0) is 16.0 Å². The lowest BCUT2D eigenvalue weighted by atomic mass is 10.0. The molecule has 3 nitrogen and oxygen atoms in total. The van der Waals surface area contributed by atoms with Crippen molar-refractivity contribution in [3.8, 4) is 0 Å². The zero-order valence-electron chi connectivity index (χ0n) is 11.9. The first-order chi connectivity index (χ1) is 8.93. The van der Waals surface area contributed by atoms with Crippen molar-refractivity contribution >= 4 is 5.97 Å². The van der Waals surface area contributed by atoms with Crippen molar-refractivity contribution in [1.29, 1.82) is 0 Å². The maximum absolute atomic E-state index is 12.8. The summed E-state index contributed by atoms with van der Waals surface area (Å²) < 4.78 is 17.5. The van der Waals surface area contributed by atoms with Crippen molar-refractivity contribution in [3.63, 3.8) is 0 Å². The molecule has 1 N–H and O–H groups in total. The lowest BCUT2D eigenvalue weighted by Crippen LogP contribution is -2.42. The topological polar surface area (TPSA) is 38.3 Å². The van der Waals surface area contributed by atoms with Gasteiger partial charge in [-0.1, -0.05) is 19.1 Å². The average Bonchev–Trinajstić information content (AvgIpc) is 2.39. The fourth-order valence-corrected chi connectivity index (χ4v) is 2.02. The number of hydrogen-bond acceptors (Lipinski definition) is 3. The van der Waals surface area contributed by atoms with Gasteiger partial charge in [-0.15, -0.1) is 0 Å². The third-order valence-corrected chi connectivity index (χ3v) is 3.33. The fourth-order valence-electron chi connectivity index (χ4n) is 2.02. The Kier molecular flexibility index (Phi) is 5.96. The standard InChI is InChI=1S/C15H22FNO2/c1-10(9-13-5-7-14(16)8-6-13)17-12(3)11(2)15(18)19-4/h5-8,10-12,17H,9H2,1-4H3. The molecule has 0 amide bonds. The first kappa shape index (κ1) is 15.6. The largest absolute Gasteiger partial charge is 0.469 e. The molecule has 0 aromatic heterocycles. The molecule has 1 aromatic rings. The van der Waals surface area contributed by atoms with E-state index in [0.717, 1.165) is 12.0 Å². The molecule has 0 aliphatic rings. The number of esters is 1. The fraction of sp³-hybridized carbons (Fsp3) is 0.533. The summed E-state index contributed by atoms with van der Waals surface area (Å²) in [5.41, 5.74) is 1.07. The van der Waals surface area contributed by atoms with Crippen LogP contribution in [0.4, 0.5) is 4.39 Å². The third-order valence-electron chi connectivity index (χ3n) is 3.33. The molecule has 106 valence electrons. The molecule has 1 aromatic carbocycles. The lowest BCUT2D eigenvalue weighted by molar-refractivity contribution is -0.145. The van der Waals surface area contributed by atoms with Gasteiger partial charge < -0.3 is 10.1 Å². The van der Waals surface area contributed by atoms with Gasteiger partial charge in [0, 0.05) is 12.1 Å². The Morgan fingerprint density at radius 1 is 1.26 bits per heavy atom. The van der Waals surface area contributed by atoms with Crippen molar-refractivity contribution in [3.05, 3.63) is 35.6 Å². The molecular weight excluding hydrogens is 245 g/mol. The summed E-state index contributed by atoms with van der Waals surface area (Å²) in [6, 6.07) is 6.71. The predicted octanol–water partition coefficient (Wildman–Crippen LogP) is 2.54. The normalized spacial score (nSPS) is 15.6. The number of ether oxygens (including phenoxy) is 1. The molecule has 3 atom stereocenters. The van der Waals surface area contributed by atoms with Crippen LogP contribution in [0.2, 0.25) is 0 Å². The number of benzene rings is 1. The summed E-state index contributed by atoms with van der Waals surface area (Å²) in [7, 11) is 1.40. The highest BCUT2D eigenvalue weighted by atomic mass is 19.1. The second kappa shape index (κ2) is 7.24. The zero-order chi connectivity index (χ0) is 14.4. The third kappa shape index (κ3) is 4.99. The molecule has 0 aliphatic carbocycles. The van der Waals surface area contributed by atoms with Gasteiger partial charge in [-0.3, -0.25) is 4.79 Å². The summed E-state index contributed by atoms with van der Waals surface area (Å²) in [6.45, 7) is 5.85. The molecule has 0 saturated carbocycles. The molecule has 0 bridgehead atoms. The van der Waals surface area contributed by atoms with Crippen LogP contribution in [0.15, 0.2) is 24.3 Å². The van der Waals surface area contributed by atoms with Crippen LogP contribution in [0.1, 0.15) is 26.3 Å². The Morgan fingerprint density at radius 3 is 2.37 bits per heavy atom. The van der Waals surface area contributed by atoms with E-state index in [-0.39, 0.29) is 29.8 Å². The number of rotatable bonds is 6. The average molecular weight is 267 g/mol. The van der Waals surface area contributed by atoms with Crippen LogP contribution < -0.4 is 5.32 Å². The number of hydrogen-bond donors (Lipinski definition) is 1. The summed E-state index contributed by atoms with van der Waals surface area (Å²) in [4.78, 5) is 11.4.